The summed E-state index contributed by atoms with van der Waals surface area (Å²) >= 11 is 0. The average Bonchev–Trinajstić information content (AvgIpc) is 2.54. The molecular weight excluding hydrogens is 289 g/mol. The van der Waals surface area contributed by atoms with Crippen molar-refractivity contribution < 1.29 is 9.18 Å². The lowest BCUT2D eigenvalue weighted by Gasteiger charge is -2.08. The maximum Gasteiger partial charge on any atom is 0.224 e. The highest BCUT2D eigenvalue weighted by atomic mass is 19.1. The van der Waals surface area contributed by atoms with Gasteiger partial charge in [-0.15, -0.1) is 0 Å². The third kappa shape index (κ3) is 5.85. The number of amides is 1. The number of nitrogens with one attached hydrogen (secondary N) is 1. The van der Waals surface area contributed by atoms with E-state index in [2.05, 4.69) is 43.4 Å². The minimum absolute atomic E-state index is 0.0215. The van der Waals surface area contributed by atoms with Gasteiger partial charge in [0, 0.05) is 6.54 Å². The van der Waals surface area contributed by atoms with Crippen LogP contribution in [0.25, 0.3) is 0 Å². The van der Waals surface area contributed by atoms with Crippen LogP contribution in [-0.2, 0) is 17.6 Å². The number of carbonyl (C=O) groups excluding carboxylic acids is 1. The highest BCUT2D eigenvalue weighted by Crippen LogP contribution is 2.15. The van der Waals surface area contributed by atoms with Gasteiger partial charge in [0.05, 0.1) is 6.42 Å². The van der Waals surface area contributed by atoms with Gasteiger partial charge in [0.2, 0.25) is 5.91 Å². The number of rotatable bonds is 7. The fourth-order valence-electron chi connectivity index (χ4n) is 2.44. The molecule has 3 heteroatoms. The number of aryl methyl sites for hydroxylation is 1. The standard InChI is InChI=1S/C20H24FNO/c1-15(2)18-9-5-16(6-10-18)4-3-13-22-20(23)14-17-7-11-19(21)12-8-17/h5-12,15H,3-4,13-14H2,1-2H3,(H,22,23). The van der Waals surface area contributed by atoms with Gasteiger partial charge in [0.25, 0.3) is 0 Å². The molecule has 122 valence electrons. The lowest BCUT2D eigenvalue weighted by Crippen LogP contribution is -2.26. The van der Waals surface area contributed by atoms with E-state index < -0.39 is 0 Å². The largest absolute Gasteiger partial charge is 0.356 e. The topological polar surface area (TPSA) is 29.1 Å². The van der Waals surface area contributed by atoms with Gasteiger partial charge >= 0.3 is 0 Å². The Balaban J connectivity index is 1.68. The first-order chi connectivity index (χ1) is 11.0. The molecule has 0 aliphatic carbocycles. The van der Waals surface area contributed by atoms with Gasteiger partial charge in [-0.2, -0.15) is 0 Å². The average molecular weight is 313 g/mol. The summed E-state index contributed by atoms with van der Waals surface area (Å²) in [4.78, 5) is 11.8. The molecule has 0 unspecified atom stereocenters. The number of benzene rings is 2. The summed E-state index contributed by atoms with van der Waals surface area (Å²) < 4.78 is 12.8. The zero-order valence-electron chi connectivity index (χ0n) is 13.8. The third-order valence-electron chi connectivity index (χ3n) is 3.89. The molecule has 0 fully saturated rings. The molecule has 0 heterocycles. The zero-order chi connectivity index (χ0) is 16.7. The fraction of sp³-hybridized carbons (Fsp3) is 0.350. The van der Waals surface area contributed by atoms with Crippen LogP contribution in [0.2, 0.25) is 0 Å². The van der Waals surface area contributed by atoms with Crippen LogP contribution in [0.4, 0.5) is 4.39 Å². The predicted octanol–water partition coefficient (Wildman–Crippen LogP) is 4.24. The van der Waals surface area contributed by atoms with Crippen molar-refractivity contribution in [3.8, 4) is 0 Å². The molecule has 1 amide bonds. The van der Waals surface area contributed by atoms with Gasteiger partial charge in [-0.1, -0.05) is 50.2 Å². The lowest BCUT2D eigenvalue weighted by atomic mass is 10.0. The van der Waals surface area contributed by atoms with E-state index in [-0.39, 0.29) is 11.7 Å². The second-order valence-corrected chi connectivity index (χ2v) is 6.15. The highest BCUT2D eigenvalue weighted by molar-refractivity contribution is 5.78. The molecule has 0 aromatic heterocycles. The summed E-state index contributed by atoms with van der Waals surface area (Å²) in [6.07, 6.45) is 2.16. The molecule has 0 bridgehead atoms. The molecule has 0 spiro atoms. The van der Waals surface area contributed by atoms with Crippen molar-refractivity contribution in [2.75, 3.05) is 6.54 Å². The monoisotopic (exact) mass is 313 g/mol. The first-order valence-corrected chi connectivity index (χ1v) is 8.14. The molecule has 2 aromatic rings. The Hall–Kier alpha value is -2.16. The van der Waals surface area contributed by atoms with Crippen molar-refractivity contribution in [3.63, 3.8) is 0 Å². The Labute approximate surface area is 137 Å². The van der Waals surface area contributed by atoms with Crippen LogP contribution in [-0.4, -0.2) is 12.5 Å². The van der Waals surface area contributed by atoms with E-state index in [1.807, 2.05) is 0 Å². The van der Waals surface area contributed by atoms with E-state index in [0.717, 1.165) is 18.4 Å². The maximum absolute atomic E-state index is 12.8. The van der Waals surface area contributed by atoms with Crippen molar-refractivity contribution in [1.29, 1.82) is 0 Å². The molecule has 0 saturated carbocycles. The normalized spacial score (nSPS) is 10.8. The molecule has 2 rings (SSSR count). The number of hydrogen-bond donors (Lipinski definition) is 1. The molecule has 2 aromatic carbocycles. The van der Waals surface area contributed by atoms with Crippen LogP contribution < -0.4 is 5.32 Å². The summed E-state index contributed by atoms with van der Waals surface area (Å²) in [5.74, 6) is 0.249. The third-order valence-corrected chi connectivity index (χ3v) is 3.89. The summed E-state index contributed by atoms with van der Waals surface area (Å²) in [5.41, 5.74) is 3.47. The minimum Gasteiger partial charge on any atom is -0.356 e. The van der Waals surface area contributed by atoms with Gasteiger partial charge in [-0.3, -0.25) is 4.79 Å². The Kier molecular flexibility index (Phi) is 6.33. The number of carbonyl (C=O) groups is 1. The summed E-state index contributed by atoms with van der Waals surface area (Å²) in [5, 5.41) is 2.91. The summed E-state index contributed by atoms with van der Waals surface area (Å²) in [6.45, 7) is 5.03. The number of hydrogen-bond acceptors (Lipinski definition) is 1. The Morgan fingerprint density at radius 2 is 1.61 bits per heavy atom. The number of halogens is 1. The molecule has 1 N–H and O–H groups in total. The van der Waals surface area contributed by atoms with E-state index in [4.69, 9.17) is 0 Å². The highest BCUT2D eigenvalue weighted by Gasteiger charge is 2.03. The van der Waals surface area contributed by atoms with Crippen molar-refractivity contribution in [3.05, 3.63) is 71.0 Å². The van der Waals surface area contributed by atoms with Gasteiger partial charge in [0.1, 0.15) is 5.82 Å². The molecule has 2 nitrogen and oxygen atoms in total. The Bertz CT molecular complexity index is 617. The van der Waals surface area contributed by atoms with Crippen LogP contribution in [0.5, 0.6) is 0 Å². The van der Waals surface area contributed by atoms with E-state index >= 15 is 0 Å². The Morgan fingerprint density at radius 3 is 2.22 bits per heavy atom. The van der Waals surface area contributed by atoms with E-state index in [1.54, 1.807) is 12.1 Å². The molecule has 0 aliphatic heterocycles. The van der Waals surface area contributed by atoms with Crippen LogP contribution in [0.1, 0.15) is 42.9 Å². The summed E-state index contributed by atoms with van der Waals surface area (Å²) in [7, 11) is 0. The molecular formula is C20H24FNO. The van der Waals surface area contributed by atoms with Gasteiger partial charge < -0.3 is 5.32 Å². The molecule has 23 heavy (non-hydrogen) atoms. The zero-order valence-corrected chi connectivity index (χ0v) is 13.8. The Morgan fingerprint density at radius 1 is 1.00 bits per heavy atom. The minimum atomic E-state index is -0.280. The first kappa shape index (κ1) is 17.2. The summed E-state index contributed by atoms with van der Waals surface area (Å²) in [6, 6.07) is 14.7. The maximum atomic E-state index is 12.8. The molecule has 0 atom stereocenters. The predicted molar refractivity (Wildman–Crippen MR) is 92.0 cm³/mol. The van der Waals surface area contributed by atoms with Gasteiger partial charge in [0.15, 0.2) is 0 Å². The van der Waals surface area contributed by atoms with Crippen molar-refractivity contribution in [1.82, 2.24) is 5.32 Å². The van der Waals surface area contributed by atoms with Gasteiger partial charge in [-0.25, -0.2) is 4.39 Å². The SMILES string of the molecule is CC(C)c1ccc(CCCNC(=O)Cc2ccc(F)cc2)cc1. The van der Waals surface area contributed by atoms with Crippen LogP contribution in [0.3, 0.4) is 0 Å². The van der Waals surface area contributed by atoms with E-state index in [0.29, 0.717) is 18.9 Å². The van der Waals surface area contributed by atoms with E-state index in [1.165, 1.54) is 23.3 Å². The van der Waals surface area contributed by atoms with Crippen molar-refractivity contribution in [2.24, 2.45) is 0 Å². The lowest BCUT2D eigenvalue weighted by molar-refractivity contribution is -0.120. The van der Waals surface area contributed by atoms with Crippen LogP contribution in [0, 0.1) is 5.82 Å². The molecule has 0 saturated heterocycles. The second-order valence-electron chi connectivity index (χ2n) is 6.15. The quantitative estimate of drug-likeness (QED) is 0.761. The molecule has 0 aliphatic rings. The van der Waals surface area contributed by atoms with Gasteiger partial charge in [-0.05, 0) is 47.6 Å². The second kappa shape index (κ2) is 8.47. The van der Waals surface area contributed by atoms with Crippen molar-refractivity contribution >= 4 is 5.91 Å². The van der Waals surface area contributed by atoms with E-state index in [9.17, 15) is 9.18 Å². The van der Waals surface area contributed by atoms with Crippen molar-refractivity contribution in [2.45, 2.75) is 39.0 Å². The smallest absolute Gasteiger partial charge is 0.224 e. The fourth-order valence-corrected chi connectivity index (χ4v) is 2.44. The van der Waals surface area contributed by atoms with Crippen LogP contribution in [0.15, 0.2) is 48.5 Å². The van der Waals surface area contributed by atoms with Crippen LogP contribution >= 0.6 is 0 Å². The molecule has 0 radical (unpaired) electrons. The first-order valence-electron chi connectivity index (χ1n) is 8.14.